The molecule has 118 valence electrons. The van der Waals surface area contributed by atoms with E-state index in [2.05, 4.69) is 31.2 Å². The first-order valence-corrected chi connectivity index (χ1v) is 8.46. The van der Waals surface area contributed by atoms with E-state index < -0.39 is 0 Å². The molecule has 2 atom stereocenters. The molecule has 0 saturated carbocycles. The molecule has 2 heterocycles. The Labute approximate surface area is 135 Å². The van der Waals surface area contributed by atoms with Crippen LogP contribution in [0.15, 0.2) is 23.1 Å². The molecule has 1 aromatic carbocycles. The van der Waals surface area contributed by atoms with Crippen LogP contribution >= 0.6 is 11.8 Å². The molecule has 1 fully saturated rings. The number of hydrogen-bond acceptors (Lipinski definition) is 4. The van der Waals surface area contributed by atoms with E-state index in [9.17, 15) is 9.59 Å². The van der Waals surface area contributed by atoms with E-state index in [1.807, 2.05) is 17.0 Å². The van der Waals surface area contributed by atoms with Crippen LogP contribution in [-0.4, -0.2) is 60.6 Å². The molecule has 2 aliphatic rings. The van der Waals surface area contributed by atoms with Crippen molar-refractivity contribution in [1.82, 2.24) is 9.80 Å². The molecule has 1 saturated heterocycles. The van der Waals surface area contributed by atoms with Crippen molar-refractivity contribution in [3.63, 3.8) is 0 Å². The van der Waals surface area contributed by atoms with Gasteiger partial charge in [-0.1, -0.05) is 6.92 Å². The summed E-state index contributed by atoms with van der Waals surface area (Å²) in [5.74, 6) is 0.939. The molecule has 0 aromatic heterocycles. The first-order valence-electron chi connectivity index (χ1n) is 7.48. The molecule has 0 bridgehead atoms. The summed E-state index contributed by atoms with van der Waals surface area (Å²) in [6.07, 6.45) is 0. The second kappa shape index (κ2) is 5.93. The van der Waals surface area contributed by atoms with Crippen LogP contribution < -0.4 is 5.32 Å². The zero-order chi connectivity index (χ0) is 15.9. The maximum atomic E-state index is 12.7. The third-order valence-electron chi connectivity index (χ3n) is 4.38. The van der Waals surface area contributed by atoms with Crippen molar-refractivity contribution in [3.8, 4) is 0 Å². The van der Waals surface area contributed by atoms with Crippen molar-refractivity contribution in [2.75, 3.05) is 38.3 Å². The van der Waals surface area contributed by atoms with Gasteiger partial charge in [-0.25, -0.2) is 0 Å². The largest absolute Gasteiger partial charge is 0.337 e. The third-order valence-corrected chi connectivity index (χ3v) is 5.46. The quantitative estimate of drug-likeness (QED) is 0.902. The average molecular weight is 319 g/mol. The maximum Gasteiger partial charge on any atom is 0.253 e. The number of rotatable bonds is 2. The van der Waals surface area contributed by atoms with Gasteiger partial charge in [-0.3, -0.25) is 9.59 Å². The Morgan fingerprint density at radius 1 is 1.36 bits per heavy atom. The van der Waals surface area contributed by atoms with E-state index >= 15 is 0 Å². The number of nitrogens with one attached hydrogen (secondary N) is 1. The van der Waals surface area contributed by atoms with Crippen LogP contribution in [0.25, 0.3) is 0 Å². The van der Waals surface area contributed by atoms with Crippen molar-refractivity contribution in [1.29, 1.82) is 0 Å². The van der Waals surface area contributed by atoms with Gasteiger partial charge >= 0.3 is 0 Å². The number of amides is 2. The van der Waals surface area contributed by atoms with Crippen LogP contribution in [0.4, 0.5) is 5.69 Å². The molecular weight excluding hydrogens is 298 g/mol. The van der Waals surface area contributed by atoms with E-state index in [1.165, 1.54) is 11.8 Å². The van der Waals surface area contributed by atoms with Crippen molar-refractivity contribution in [3.05, 3.63) is 23.8 Å². The molecule has 2 unspecified atom stereocenters. The number of benzene rings is 1. The fourth-order valence-electron chi connectivity index (χ4n) is 3.19. The molecule has 5 nitrogen and oxygen atoms in total. The number of nitrogens with zero attached hydrogens (tertiary/aromatic N) is 2. The van der Waals surface area contributed by atoms with Gasteiger partial charge in [0.2, 0.25) is 5.91 Å². The average Bonchev–Trinajstić information content (AvgIpc) is 2.88. The van der Waals surface area contributed by atoms with Crippen molar-refractivity contribution < 1.29 is 9.59 Å². The Balaban J connectivity index is 1.79. The van der Waals surface area contributed by atoms with E-state index in [0.29, 0.717) is 23.3 Å². The zero-order valence-corrected chi connectivity index (χ0v) is 13.9. The molecule has 22 heavy (non-hydrogen) atoms. The first-order chi connectivity index (χ1) is 10.5. The van der Waals surface area contributed by atoms with Gasteiger partial charge in [0.1, 0.15) is 0 Å². The van der Waals surface area contributed by atoms with Crippen molar-refractivity contribution >= 4 is 29.3 Å². The third kappa shape index (κ3) is 2.85. The summed E-state index contributed by atoms with van der Waals surface area (Å²) in [7, 11) is 4.11. The maximum absolute atomic E-state index is 12.7. The minimum Gasteiger partial charge on any atom is -0.337 e. The fourth-order valence-corrected chi connectivity index (χ4v) is 3.97. The number of fused-ring (bicyclic) bond motifs is 1. The molecule has 0 radical (unpaired) electrons. The highest BCUT2D eigenvalue weighted by Gasteiger charge is 2.34. The van der Waals surface area contributed by atoms with Gasteiger partial charge in [0, 0.05) is 29.6 Å². The summed E-state index contributed by atoms with van der Waals surface area (Å²) in [6.45, 7) is 3.72. The molecule has 2 aliphatic heterocycles. The summed E-state index contributed by atoms with van der Waals surface area (Å²) >= 11 is 1.51. The first kappa shape index (κ1) is 15.4. The van der Waals surface area contributed by atoms with Crippen LogP contribution in [0.3, 0.4) is 0 Å². The summed E-state index contributed by atoms with van der Waals surface area (Å²) < 4.78 is 0. The Hall–Kier alpha value is -1.53. The number of likely N-dealkylation sites (N-methyl/N-ethyl adjacent to an activating group) is 1. The Morgan fingerprint density at radius 3 is 2.82 bits per heavy atom. The lowest BCUT2D eigenvalue weighted by Crippen LogP contribution is -2.35. The minimum absolute atomic E-state index is 0.00966. The Kier molecular flexibility index (Phi) is 4.14. The number of hydrogen-bond donors (Lipinski definition) is 1. The fraction of sp³-hybridized carbons (Fsp3) is 0.500. The standard InChI is InChI=1S/C16H21N3O2S/c1-10-7-19(8-13(10)18(2)3)16(21)11-4-5-14-12(6-11)17-15(20)9-22-14/h4-6,10,13H,7-9H2,1-3H3,(H,17,20). The highest BCUT2D eigenvalue weighted by Crippen LogP contribution is 2.32. The summed E-state index contributed by atoms with van der Waals surface area (Å²) in [5, 5.41) is 2.84. The Bertz CT molecular complexity index is 617. The summed E-state index contributed by atoms with van der Waals surface area (Å²) in [5.41, 5.74) is 1.40. The van der Waals surface area contributed by atoms with Gasteiger partial charge in [0.05, 0.1) is 11.4 Å². The number of likely N-dealkylation sites (tertiary alicyclic amines) is 1. The predicted molar refractivity (Wildman–Crippen MR) is 88.3 cm³/mol. The van der Waals surface area contributed by atoms with Crippen LogP contribution in [0, 0.1) is 5.92 Å². The second-order valence-corrected chi connectivity index (χ2v) is 7.28. The van der Waals surface area contributed by atoms with E-state index in [1.54, 1.807) is 6.07 Å². The molecule has 6 heteroatoms. The van der Waals surface area contributed by atoms with Gasteiger partial charge < -0.3 is 15.1 Å². The minimum atomic E-state index is -0.00966. The molecule has 0 aliphatic carbocycles. The van der Waals surface area contributed by atoms with E-state index in [0.717, 1.165) is 23.7 Å². The number of carbonyl (C=O) groups is 2. The van der Waals surface area contributed by atoms with Crippen LogP contribution in [-0.2, 0) is 4.79 Å². The molecule has 3 rings (SSSR count). The number of thioether (sulfide) groups is 1. The van der Waals surface area contributed by atoms with Crippen molar-refractivity contribution in [2.24, 2.45) is 5.92 Å². The summed E-state index contributed by atoms with van der Waals surface area (Å²) in [4.78, 5) is 29.3. The monoisotopic (exact) mass is 319 g/mol. The van der Waals surface area contributed by atoms with Gasteiger partial charge in [-0.05, 0) is 38.2 Å². The Morgan fingerprint density at radius 2 is 2.14 bits per heavy atom. The molecule has 0 spiro atoms. The molecular formula is C16H21N3O2S. The zero-order valence-electron chi connectivity index (χ0n) is 13.1. The molecule has 1 aromatic rings. The smallest absolute Gasteiger partial charge is 0.253 e. The molecule has 2 amide bonds. The lowest BCUT2D eigenvalue weighted by Gasteiger charge is -2.22. The normalized spacial score (nSPS) is 24.4. The van der Waals surface area contributed by atoms with E-state index in [4.69, 9.17) is 0 Å². The lowest BCUT2D eigenvalue weighted by molar-refractivity contribution is -0.113. The highest BCUT2D eigenvalue weighted by atomic mass is 32.2. The van der Waals surface area contributed by atoms with Gasteiger partial charge in [-0.15, -0.1) is 11.8 Å². The van der Waals surface area contributed by atoms with Gasteiger partial charge in [0.15, 0.2) is 0 Å². The second-order valence-electron chi connectivity index (χ2n) is 6.27. The van der Waals surface area contributed by atoms with Crippen molar-refractivity contribution in [2.45, 2.75) is 17.9 Å². The number of carbonyl (C=O) groups excluding carboxylic acids is 2. The lowest BCUT2D eigenvalue weighted by atomic mass is 10.1. The van der Waals surface area contributed by atoms with Crippen LogP contribution in [0.2, 0.25) is 0 Å². The van der Waals surface area contributed by atoms with Gasteiger partial charge in [0.25, 0.3) is 5.91 Å². The predicted octanol–water partition coefficient (Wildman–Crippen LogP) is 1.75. The topological polar surface area (TPSA) is 52.7 Å². The summed E-state index contributed by atoms with van der Waals surface area (Å²) in [6, 6.07) is 5.99. The number of anilines is 1. The molecule has 1 N–H and O–H groups in total. The highest BCUT2D eigenvalue weighted by molar-refractivity contribution is 8.00. The van der Waals surface area contributed by atoms with Gasteiger partial charge in [-0.2, -0.15) is 0 Å². The van der Waals surface area contributed by atoms with E-state index in [-0.39, 0.29) is 11.8 Å². The van der Waals surface area contributed by atoms with Crippen LogP contribution in [0.5, 0.6) is 0 Å². The SMILES string of the molecule is CC1CN(C(=O)c2ccc3c(c2)NC(=O)CS3)CC1N(C)C. The van der Waals surface area contributed by atoms with Crippen LogP contribution in [0.1, 0.15) is 17.3 Å².